The van der Waals surface area contributed by atoms with E-state index in [2.05, 4.69) is 16.4 Å². The van der Waals surface area contributed by atoms with Crippen LogP contribution in [-0.2, 0) is 9.59 Å². The van der Waals surface area contributed by atoms with Gasteiger partial charge in [-0.1, -0.05) is 29.8 Å². The van der Waals surface area contributed by atoms with Crippen molar-refractivity contribution in [2.75, 3.05) is 17.6 Å². The molecule has 0 aliphatic carbocycles. The number of amides is 2. The van der Waals surface area contributed by atoms with Gasteiger partial charge in [0.15, 0.2) is 0 Å². The molecule has 2 heterocycles. The Balaban J connectivity index is 1.77. The Kier molecular flexibility index (Phi) is 5.21. The average molecular weight is 352 g/mol. The molecular formula is C20H24N4O2. The molecule has 1 saturated heterocycles. The van der Waals surface area contributed by atoms with Crippen molar-refractivity contribution in [3.8, 4) is 0 Å². The highest BCUT2D eigenvalue weighted by atomic mass is 16.2. The number of rotatable bonds is 2. The Morgan fingerprint density at radius 3 is 2.77 bits per heavy atom. The minimum Gasteiger partial charge on any atom is -0.383 e. The number of nitrogens with two attached hydrogens (primary N) is 1. The van der Waals surface area contributed by atoms with Crippen LogP contribution in [0.2, 0.25) is 0 Å². The zero-order valence-electron chi connectivity index (χ0n) is 15.2. The molecule has 0 radical (unpaired) electrons. The lowest BCUT2D eigenvalue weighted by molar-refractivity contribution is -0.145. The third kappa shape index (κ3) is 3.85. The molecule has 2 aromatic rings. The monoisotopic (exact) mass is 352 g/mol. The van der Waals surface area contributed by atoms with Crippen molar-refractivity contribution in [3.05, 3.63) is 53.2 Å². The summed E-state index contributed by atoms with van der Waals surface area (Å²) in [5, 5.41) is 2.64. The molecule has 3 rings (SSSR count). The lowest BCUT2D eigenvalue weighted by atomic mass is 9.94. The number of hydrogen-bond donors (Lipinski definition) is 2. The molecule has 1 aliphatic rings. The molecule has 0 spiro atoms. The number of nitrogen functional groups attached to an aromatic ring is 1. The van der Waals surface area contributed by atoms with Gasteiger partial charge in [-0.2, -0.15) is 0 Å². The normalized spacial score (nSPS) is 17.0. The van der Waals surface area contributed by atoms with Crippen LogP contribution in [0.25, 0.3) is 0 Å². The van der Waals surface area contributed by atoms with Gasteiger partial charge in [-0.25, -0.2) is 4.98 Å². The van der Waals surface area contributed by atoms with Gasteiger partial charge in [0, 0.05) is 6.54 Å². The van der Waals surface area contributed by atoms with E-state index in [0.717, 1.165) is 36.0 Å². The Morgan fingerprint density at radius 2 is 2.04 bits per heavy atom. The summed E-state index contributed by atoms with van der Waals surface area (Å²) in [5.41, 5.74) is 9.15. The molecule has 1 unspecified atom stereocenters. The second-order valence-electron chi connectivity index (χ2n) is 6.80. The highest BCUT2D eigenvalue weighted by Crippen LogP contribution is 2.31. The van der Waals surface area contributed by atoms with E-state index in [1.165, 1.54) is 6.20 Å². The predicted molar refractivity (Wildman–Crippen MR) is 102 cm³/mol. The highest BCUT2D eigenvalue weighted by Gasteiger charge is 2.31. The number of nitrogens with zero attached hydrogens (tertiary/aromatic N) is 2. The molecule has 0 bridgehead atoms. The van der Waals surface area contributed by atoms with E-state index in [1.54, 1.807) is 17.9 Å². The summed E-state index contributed by atoms with van der Waals surface area (Å²) in [4.78, 5) is 31.0. The van der Waals surface area contributed by atoms with Gasteiger partial charge >= 0.3 is 11.8 Å². The molecule has 1 fully saturated rings. The molecule has 1 atom stereocenters. The number of aromatic nitrogens is 1. The van der Waals surface area contributed by atoms with E-state index in [1.807, 2.05) is 25.1 Å². The fourth-order valence-electron chi connectivity index (χ4n) is 3.37. The third-order valence-corrected chi connectivity index (χ3v) is 4.76. The van der Waals surface area contributed by atoms with Gasteiger partial charge in [-0.15, -0.1) is 0 Å². The van der Waals surface area contributed by atoms with Crippen molar-refractivity contribution in [2.45, 2.75) is 39.2 Å². The van der Waals surface area contributed by atoms with Crippen LogP contribution in [0.3, 0.4) is 0 Å². The van der Waals surface area contributed by atoms with E-state index in [9.17, 15) is 9.59 Å². The van der Waals surface area contributed by atoms with E-state index >= 15 is 0 Å². The first-order valence-electron chi connectivity index (χ1n) is 8.86. The SMILES string of the molecule is Cc1cccc(C2CCCCN2C(=O)C(=O)Nc2cnc(N)c(C)c2)c1. The maximum atomic E-state index is 12.8. The number of hydrogen-bond acceptors (Lipinski definition) is 4. The average Bonchev–Trinajstić information content (AvgIpc) is 2.64. The number of anilines is 2. The van der Waals surface area contributed by atoms with Crippen molar-refractivity contribution in [1.29, 1.82) is 0 Å². The van der Waals surface area contributed by atoms with Crippen LogP contribution in [0.5, 0.6) is 0 Å². The summed E-state index contributed by atoms with van der Waals surface area (Å²) < 4.78 is 0. The van der Waals surface area contributed by atoms with Crippen molar-refractivity contribution >= 4 is 23.3 Å². The Labute approximate surface area is 153 Å². The van der Waals surface area contributed by atoms with E-state index in [4.69, 9.17) is 5.73 Å². The van der Waals surface area contributed by atoms with Crippen LogP contribution in [0.15, 0.2) is 36.5 Å². The maximum absolute atomic E-state index is 12.8. The number of likely N-dealkylation sites (tertiary alicyclic amines) is 1. The first kappa shape index (κ1) is 17.9. The number of nitrogens with one attached hydrogen (secondary N) is 1. The Hall–Kier alpha value is -2.89. The zero-order chi connectivity index (χ0) is 18.7. The van der Waals surface area contributed by atoms with Gasteiger partial charge in [0.05, 0.1) is 17.9 Å². The number of benzene rings is 1. The van der Waals surface area contributed by atoms with Crippen molar-refractivity contribution in [1.82, 2.24) is 9.88 Å². The van der Waals surface area contributed by atoms with Crippen LogP contribution >= 0.6 is 0 Å². The Morgan fingerprint density at radius 1 is 1.23 bits per heavy atom. The lowest BCUT2D eigenvalue weighted by Gasteiger charge is -2.35. The molecule has 3 N–H and O–H groups in total. The second kappa shape index (κ2) is 7.56. The summed E-state index contributed by atoms with van der Waals surface area (Å²) in [6.07, 6.45) is 4.28. The second-order valence-corrected chi connectivity index (χ2v) is 6.80. The van der Waals surface area contributed by atoms with Crippen LogP contribution in [0.4, 0.5) is 11.5 Å². The first-order valence-corrected chi connectivity index (χ1v) is 8.86. The summed E-state index contributed by atoms with van der Waals surface area (Å²) >= 11 is 0. The van der Waals surface area contributed by atoms with E-state index in [-0.39, 0.29) is 6.04 Å². The summed E-state index contributed by atoms with van der Waals surface area (Å²) in [6, 6.07) is 9.78. The molecule has 136 valence electrons. The molecule has 6 heteroatoms. The number of aryl methyl sites for hydroxylation is 2. The van der Waals surface area contributed by atoms with Crippen LogP contribution in [0, 0.1) is 13.8 Å². The quantitative estimate of drug-likeness (QED) is 0.813. The highest BCUT2D eigenvalue weighted by molar-refractivity contribution is 6.39. The summed E-state index contributed by atoms with van der Waals surface area (Å²) in [6.45, 7) is 4.42. The predicted octanol–water partition coefficient (Wildman–Crippen LogP) is 2.97. The third-order valence-electron chi connectivity index (χ3n) is 4.76. The maximum Gasteiger partial charge on any atom is 0.313 e. The van der Waals surface area contributed by atoms with Crippen molar-refractivity contribution in [2.24, 2.45) is 0 Å². The molecule has 6 nitrogen and oxygen atoms in total. The summed E-state index contributed by atoms with van der Waals surface area (Å²) in [5.74, 6) is -0.744. The topological polar surface area (TPSA) is 88.3 Å². The minimum atomic E-state index is -0.643. The molecule has 2 amide bonds. The Bertz CT molecular complexity index is 834. The first-order chi connectivity index (χ1) is 12.5. The molecular weight excluding hydrogens is 328 g/mol. The molecule has 1 aromatic heterocycles. The zero-order valence-corrected chi connectivity index (χ0v) is 15.2. The van der Waals surface area contributed by atoms with Crippen molar-refractivity contribution < 1.29 is 9.59 Å². The number of piperidine rings is 1. The van der Waals surface area contributed by atoms with Crippen LogP contribution in [-0.4, -0.2) is 28.2 Å². The number of carbonyl (C=O) groups is 2. The fraction of sp³-hybridized carbons (Fsp3) is 0.350. The van der Waals surface area contributed by atoms with Gasteiger partial charge in [0.25, 0.3) is 0 Å². The molecule has 1 aromatic carbocycles. The number of pyridine rings is 1. The standard InChI is InChI=1S/C20H24N4O2/c1-13-6-5-7-15(10-13)17-8-3-4-9-24(17)20(26)19(25)23-16-11-14(2)18(21)22-12-16/h5-7,10-12,17H,3-4,8-9H2,1-2H3,(H2,21,22)(H,23,25). The van der Waals surface area contributed by atoms with Gasteiger partial charge < -0.3 is 16.0 Å². The van der Waals surface area contributed by atoms with Crippen molar-refractivity contribution in [3.63, 3.8) is 0 Å². The molecule has 26 heavy (non-hydrogen) atoms. The van der Waals surface area contributed by atoms with Crippen LogP contribution < -0.4 is 11.1 Å². The van der Waals surface area contributed by atoms with Gasteiger partial charge in [0.1, 0.15) is 5.82 Å². The molecule has 1 aliphatic heterocycles. The van der Waals surface area contributed by atoms with E-state index < -0.39 is 11.8 Å². The van der Waals surface area contributed by atoms with Gasteiger partial charge in [-0.05, 0) is 50.3 Å². The lowest BCUT2D eigenvalue weighted by Crippen LogP contribution is -2.44. The van der Waals surface area contributed by atoms with Crippen LogP contribution in [0.1, 0.15) is 42.0 Å². The molecule has 0 saturated carbocycles. The van der Waals surface area contributed by atoms with Gasteiger partial charge in [-0.3, -0.25) is 9.59 Å². The van der Waals surface area contributed by atoms with E-state index in [0.29, 0.717) is 18.1 Å². The van der Waals surface area contributed by atoms with Gasteiger partial charge in [0.2, 0.25) is 0 Å². The minimum absolute atomic E-state index is 0.0619. The number of carbonyl (C=O) groups excluding carboxylic acids is 2. The largest absolute Gasteiger partial charge is 0.383 e. The smallest absolute Gasteiger partial charge is 0.313 e. The summed E-state index contributed by atoms with van der Waals surface area (Å²) in [7, 11) is 0. The fourth-order valence-corrected chi connectivity index (χ4v) is 3.37.